The van der Waals surface area contributed by atoms with Crippen molar-refractivity contribution >= 4 is 11.7 Å². The summed E-state index contributed by atoms with van der Waals surface area (Å²) in [6.45, 7) is 0.491. The van der Waals surface area contributed by atoms with Gasteiger partial charge < -0.3 is 9.57 Å². The fourth-order valence-electron chi connectivity index (χ4n) is 0.569. The molecule has 1 rings (SSSR count). The minimum atomic E-state index is -0.396. The van der Waals surface area contributed by atoms with Gasteiger partial charge in [-0.25, -0.2) is 4.79 Å². The molecule has 0 amide bonds. The Balaban J connectivity index is 2.51. The van der Waals surface area contributed by atoms with E-state index in [0.717, 1.165) is 0 Å². The fraction of sp³-hybridized carbons (Fsp3) is 0.600. The molecule has 0 aliphatic carbocycles. The van der Waals surface area contributed by atoms with E-state index in [0.29, 0.717) is 18.7 Å². The normalized spacial score (nSPS) is 16.3. The maximum atomic E-state index is 10.6. The average molecular weight is 129 g/mol. The van der Waals surface area contributed by atoms with Crippen molar-refractivity contribution < 1.29 is 14.4 Å². The Morgan fingerprint density at radius 3 is 3.11 bits per heavy atom. The summed E-state index contributed by atoms with van der Waals surface area (Å²) in [5.41, 5.74) is 0.373. The topological polar surface area (TPSA) is 47.9 Å². The zero-order valence-electron chi connectivity index (χ0n) is 5.09. The van der Waals surface area contributed by atoms with Crippen molar-refractivity contribution in [3.8, 4) is 0 Å². The van der Waals surface area contributed by atoms with E-state index in [2.05, 4.69) is 14.7 Å². The summed E-state index contributed by atoms with van der Waals surface area (Å²) in [5.74, 6) is -0.396. The molecule has 0 unspecified atom stereocenters. The highest BCUT2D eigenvalue weighted by Gasteiger charge is 2.16. The van der Waals surface area contributed by atoms with E-state index in [1.54, 1.807) is 0 Å². The molecule has 0 aromatic heterocycles. The van der Waals surface area contributed by atoms with Crippen LogP contribution in [0.25, 0.3) is 0 Å². The molecule has 0 bridgehead atoms. The van der Waals surface area contributed by atoms with Crippen molar-refractivity contribution in [1.82, 2.24) is 0 Å². The Hall–Kier alpha value is -1.06. The van der Waals surface area contributed by atoms with Gasteiger partial charge in [-0.2, -0.15) is 0 Å². The van der Waals surface area contributed by atoms with Crippen molar-refractivity contribution in [1.29, 1.82) is 0 Å². The van der Waals surface area contributed by atoms with Crippen molar-refractivity contribution in [2.45, 2.75) is 6.42 Å². The zero-order valence-corrected chi connectivity index (χ0v) is 5.09. The second kappa shape index (κ2) is 2.48. The van der Waals surface area contributed by atoms with Crippen LogP contribution in [0, 0.1) is 0 Å². The molecule has 0 spiro atoms. The Morgan fingerprint density at radius 1 is 1.89 bits per heavy atom. The quantitative estimate of drug-likeness (QED) is 0.466. The van der Waals surface area contributed by atoms with Gasteiger partial charge in [0, 0.05) is 6.42 Å². The number of carbonyl (C=O) groups excluding carboxylic acids is 1. The van der Waals surface area contributed by atoms with Crippen LogP contribution in [0.3, 0.4) is 0 Å². The molecule has 0 aromatic carbocycles. The van der Waals surface area contributed by atoms with Gasteiger partial charge in [0.25, 0.3) is 0 Å². The Kier molecular flexibility index (Phi) is 1.67. The highest BCUT2D eigenvalue weighted by Crippen LogP contribution is 2.00. The van der Waals surface area contributed by atoms with Crippen LogP contribution >= 0.6 is 0 Å². The number of oxime groups is 1. The summed E-state index contributed by atoms with van der Waals surface area (Å²) in [5, 5.41) is 3.45. The number of carbonyl (C=O) groups is 1. The molecule has 0 fully saturated rings. The Morgan fingerprint density at radius 2 is 2.67 bits per heavy atom. The predicted molar refractivity (Wildman–Crippen MR) is 30.0 cm³/mol. The third-order valence-corrected chi connectivity index (χ3v) is 1.03. The summed E-state index contributed by atoms with van der Waals surface area (Å²) in [6.07, 6.45) is 0.562. The van der Waals surface area contributed by atoms with E-state index in [1.165, 1.54) is 7.11 Å². The van der Waals surface area contributed by atoms with Crippen LogP contribution in [-0.4, -0.2) is 25.4 Å². The van der Waals surface area contributed by atoms with E-state index >= 15 is 0 Å². The van der Waals surface area contributed by atoms with E-state index in [-0.39, 0.29) is 0 Å². The van der Waals surface area contributed by atoms with E-state index in [9.17, 15) is 4.79 Å². The first kappa shape index (κ1) is 6.07. The second-order valence-electron chi connectivity index (χ2n) is 1.61. The second-order valence-corrected chi connectivity index (χ2v) is 1.61. The first-order valence-corrected chi connectivity index (χ1v) is 2.61. The van der Waals surface area contributed by atoms with Crippen molar-refractivity contribution in [2.24, 2.45) is 5.16 Å². The smallest absolute Gasteiger partial charge is 0.355 e. The van der Waals surface area contributed by atoms with Crippen molar-refractivity contribution in [2.75, 3.05) is 13.7 Å². The van der Waals surface area contributed by atoms with Gasteiger partial charge in [0.15, 0.2) is 5.71 Å². The Labute approximate surface area is 52.4 Å². The Bertz CT molecular complexity index is 152. The third-order valence-electron chi connectivity index (χ3n) is 1.03. The first-order valence-electron chi connectivity index (χ1n) is 2.61. The summed E-state index contributed by atoms with van der Waals surface area (Å²) in [7, 11) is 1.32. The van der Waals surface area contributed by atoms with Crippen molar-refractivity contribution in [3.05, 3.63) is 0 Å². The van der Waals surface area contributed by atoms with Gasteiger partial charge >= 0.3 is 5.97 Å². The molecule has 0 N–H and O–H groups in total. The minimum absolute atomic E-state index is 0.373. The molecule has 50 valence electrons. The molecule has 9 heavy (non-hydrogen) atoms. The average Bonchev–Trinajstić information content (AvgIpc) is 2.37. The number of ether oxygens (including phenoxy) is 1. The van der Waals surface area contributed by atoms with Crippen LogP contribution in [0.4, 0.5) is 0 Å². The molecule has 0 radical (unpaired) electrons. The minimum Gasteiger partial charge on any atom is -0.464 e. The van der Waals surface area contributed by atoms with E-state index < -0.39 is 5.97 Å². The predicted octanol–water partition coefficient (Wildman–Crippen LogP) is -0.0643. The first-order chi connectivity index (χ1) is 4.34. The van der Waals surface area contributed by atoms with E-state index in [4.69, 9.17) is 0 Å². The number of methoxy groups -OCH3 is 1. The number of hydrogen-bond acceptors (Lipinski definition) is 4. The molecule has 0 aromatic rings. The van der Waals surface area contributed by atoms with E-state index in [1.807, 2.05) is 0 Å². The van der Waals surface area contributed by atoms with Gasteiger partial charge in [-0.15, -0.1) is 0 Å². The van der Waals surface area contributed by atoms with Gasteiger partial charge in [-0.05, 0) is 0 Å². The maximum absolute atomic E-state index is 10.6. The van der Waals surface area contributed by atoms with Crippen LogP contribution in [0.15, 0.2) is 5.16 Å². The zero-order chi connectivity index (χ0) is 6.69. The van der Waals surface area contributed by atoms with Gasteiger partial charge in [0.2, 0.25) is 0 Å². The summed E-state index contributed by atoms with van der Waals surface area (Å²) in [6, 6.07) is 0. The summed E-state index contributed by atoms with van der Waals surface area (Å²) in [4.78, 5) is 15.1. The highest BCUT2D eigenvalue weighted by molar-refractivity contribution is 6.36. The van der Waals surface area contributed by atoms with Crippen LogP contribution < -0.4 is 0 Å². The fourth-order valence-corrected chi connectivity index (χ4v) is 0.569. The van der Waals surface area contributed by atoms with Crippen LogP contribution in [0.2, 0.25) is 0 Å². The molecular weight excluding hydrogens is 122 g/mol. The van der Waals surface area contributed by atoms with Gasteiger partial charge in [0.1, 0.15) is 6.61 Å². The number of nitrogens with zero attached hydrogens (tertiary/aromatic N) is 1. The third kappa shape index (κ3) is 1.19. The standard InChI is InChI=1S/C5H7NO3/c1-8-5(7)4-2-3-9-6-4/h2-3H2,1H3. The molecule has 0 saturated carbocycles. The monoisotopic (exact) mass is 129 g/mol. The molecule has 1 aliphatic rings. The van der Waals surface area contributed by atoms with Gasteiger partial charge in [-0.1, -0.05) is 5.16 Å². The lowest BCUT2D eigenvalue weighted by atomic mass is 10.3. The lowest BCUT2D eigenvalue weighted by molar-refractivity contribution is -0.132. The lowest BCUT2D eigenvalue weighted by Crippen LogP contribution is -2.12. The van der Waals surface area contributed by atoms with Gasteiger partial charge in [-0.3, -0.25) is 0 Å². The molecule has 4 heteroatoms. The summed E-state index contributed by atoms with van der Waals surface area (Å²) >= 11 is 0. The molecular formula is C5H7NO3. The summed E-state index contributed by atoms with van der Waals surface area (Å²) < 4.78 is 4.38. The molecule has 1 aliphatic heterocycles. The van der Waals surface area contributed by atoms with Gasteiger partial charge in [0.05, 0.1) is 7.11 Å². The number of hydrogen-bond donors (Lipinski definition) is 0. The number of rotatable bonds is 1. The lowest BCUT2D eigenvalue weighted by Gasteiger charge is -1.91. The largest absolute Gasteiger partial charge is 0.464 e. The number of esters is 1. The molecule has 0 saturated heterocycles. The molecule has 0 atom stereocenters. The van der Waals surface area contributed by atoms with Crippen LogP contribution in [-0.2, 0) is 14.4 Å². The van der Waals surface area contributed by atoms with Crippen LogP contribution in [0.1, 0.15) is 6.42 Å². The molecule has 1 heterocycles. The van der Waals surface area contributed by atoms with Crippen LogP contribution in [0.5, 0.6) is 0 Å². The SMILES string of the molecule is COC(=O)C1=NOCC1. The highest BCUT2D eigenvalue weighted by atomic mass is 16.6. The van der Waals surface area contributed by atoms with Crippen molar-refractivity contribution in [3.63, 3.8) is 0 Å². The maximum Gasteiger partial charge on any atom is 0.355 e. The molecule has 4 nitrogen and oxygen atoms in total.